The quantitative estimate of drug-likeness (QED) is 0.704. The minimum absolute atomic E-state index is 0.0817. The average molecular weight is 431 g/mol. The molecule has 25 heavy (non-hydrogen) atoms. The zero-order valence-electron chi connectivity index (χ0n) is 12.8. The van der Waals surface area contributed by atoms with Crippen LogP contribution in [0.1, 0.15) is 0 Å². The first-order chi connectivity index (χ1) is 12.1. The number of thioether (sulfide) groups is 1. The molecule has 1 aromatic rings. The van der Waals surface area contributed by atoms with E-state index < -0.39 is 6.61 Å². The molecule has 1 aromatic carbocycles. The Morgan fingerprint density at radius 2 is 2.04 bits per heavy atom. The van der Waals surface area contributed by atoms with Gasteiger partial charge in [-0.05, 0) is 46.3 Å². The van der Waals surface area contributed by atoms with Crippen LogP contribution in [0.2, 0.25) is 0 Å². The van der Waals surface area contributed by atoms with E-state index in [2.05, 4.69) is 25.7 Å². The average Bonchev–Trinajstić information content (AvgIpc) is 2.93. The number of nitrogens with zero attached hydrogens (tertiary/aromatic N) is 2. The summed E-state index contributed by atoms with van der Waals surface area (Å²) in [5.74, 6) is 0.879. The van der Waals surface area contributed by atoms with Crippen molar-refractivity contribution in [2.24, 2.45) is 4.99 Å². The number of rotatable bonds is 5. The van der Waals surface area contributed by atoms with Crippen molar-refractivity contribution in [2.45, 2.75) is 18.3 Å². The van der Waals surface area contributed by atoms with Crippen molar-refractivity contribution in [3.63, 3.8) is 0 Å². The number of hydrogen-bond acceptors (Lipinski definition) is 6. The molecule has 1 atom stereocenters. The summed E-state index contributed by atoms with van der Waals surface area (Å²) in [7, 11) is 0. The van der Waals surface area contributed by atoms with E-state index in [-0.39, 0.29) is 17.4 Å². The van der Waals surface area contributed by atoms with Gasteiger partial charge in [0.2, 0.25) is 5.56 Å². The molecule has 0 aliphatic carbocycles. The third-order valence-electron chi connectivity index (χ3n) is 3.68. The number of aliphatic imine (C=N–C) groups is 1. The molecule has 4 rings (SSSR count). The zero-order chi connectivity index (χ0) is 17.4. The molecule has 1 fully saturated rings. The molecule has 0 amide bonds. The van der Waals surface area contributed by atoms with Crippen molar-refractivity contribution in [2.75, 3.05) is 18.1 Å². The van der Waals surface area contributed by atoms with Gasteiger partial charge in [0.15, 0.2) is 0 Å². The van der Waals surface area contributed by atoms with Crippen LogP contribution in [0, 0.1) is 0 Å². The first-order valence-corrected chi connectivity index (χ1v) is 9.17. The van der Waals surface area contributed by atoms with Crippen LogP contribution in [0.5, 0.6) is 5.75 Å². The number of benzene rings is 1. The van der Waals surface area contributed by atoms with E-state index >= 15 is 0 Å². The predicted octanol–water partition coefficient (Wildman–Crippen LogP) is 4.07. The fourth-order valence-electron chi connectivity index (χ4n) is 2.48. The molecule has 0 bridgehead atoms. The third-order valence-corrected chi connectivity index (χ3v) is 5.09. The Balaban J connectivity index is 1.55. The number of ether oxygens (including phenoxy) is 3. The highest BCUT2D eigenvalue weighted by atomic mass is 79.9. The molecular formula is C16H13BrF2N2O3S. The molecule has 3 heterocycles. The SMILES string of the molecule is FC(F)Oc1ccc(N2C=C(Br)C=C3SC(OC4COC4)N=C32)cc1. The number of anilines is 1. The number of alkyl halides is 2. The Morgan fingerprint density at radius 1 is 1.28 bits per heavy atom. The first-order valence-electron chi connectivity index (χ1n) is 7.49. The van der Waals surface area contributed by atoms with E-state index in [9.17, 15) is 8.78 Å². The van der Waals surface area contributed by atoms with Gasteiger partial charge in [-0.1, -0.05) is 11.8 Å². The lowest BCUT2D eigenvalue weighted by Crippen LogP contribution is -2.37. The highest BCUT2D eigenvalue weighted by Crippen LogP contribution is 2.40. The van der Waals surface area contributed by atoms with E-state index in [4.69, 9.17) is 9.47 Å². The van der Waals surface area contributed by atoms with Crippen LogP contribution < -0.4 is 9.64 Å². The molecule has 132 valence electrons. The lowest BCUT2D eigenvalue weighted by atomic mass is 10.2. The van der Waals surface area contributed by atoms with Gasteiger partial charge < -0.3 is 14.2 Å². The topological polar surface area (TPSA) is 43.3 Å². The van der Waals surface area contributed by atoms with Crippen LogP contribution in [0.4, 0.5) is 14.5 Å². The Kier molecular flexibility index (Phi) is 4.81. The fourth-order valence-corrected chi connectivity index (χ4v) is 4.10. The molecule has 5 nitrogen and oxygen atoms in total. The normalized spacial score (nSPS) is 23.0. The van der Waals surface area contributed by atoms with Crippen molar-refractivity contribution in [3.8, 4) is 5.75 Å². The van der Waals surface area contributed by atoms with E-state index in [1.165, 1.54) is 23.9 Å². The molecule has 9 heteroatoms. The highest BCUT2D eigenvalue weighted by molar-refractivity contribution is 9.11. The van der Waals surface area contributed by atoms with Crippen molar-refractivity contribution in [1.29, 1.82) is 0 Å². The molecule has 0 radical (unpaired) electrons. The maximum absolute atomic E-state index is 12.3. The Labute approximate surface area is 155 Å². The van der Waals surface area contributed by atoms with Gasteiger partial charge >= 0.3 is 6.61 Å². The van der Waals surface area contributed by atoms with Gasteiger partial charge in [0.1, 0.15) is 17.7 Å². The Hall–Kier alpha value is -1.42. The molecular weight excluding hydrogens is 418 g/mol. The minimum atomic E-state index is -2.84. The van der Waals surface area contributed by atoms with Crippen molar-refractivity contribution in [3.05, 3.63) is 45.9 Å². The molecule has 1 saturated heterocycles. The van der Waals surface area contributed by atoms with Crippen LogP contribution in [-0.4, -0.2) is 37.3 Å². The van der Waals surface area contributed by atoms with Gasteiger partial charge in [0, 0.05) is 16.4 Å². The molecule has 0 saturated carbocycles. The lowest BCUT2D eigenvalue weighted by Gasteiger charge is -2.27. The summed E-state index contributed by atoms with van der Waals surface area (Å²) in [6.07, 6.45) is 3.94. The molecule has 0 spiro atoms. The molecule has 1 unspecified atom stereocenters. The van der Waals surface area contributed by atoms with Crippen molar-refractivity contribution in [1.82, 2.24) is 0 Å². The number of fused-ring (bicyclic) bond motifs is 1. The second-order valence-corrected chi connectivity index (χ2v) is 7.43. The highest BCUT2D eigenvalue weighted by Gasteiger charge is 2.33. The number of halogens is 3. The van der Waals surface area contributed by atoms with Crippen LogP contribution in [0.25, 0.3) is 0 Å². The number of hydrogen-bond donors (Lipinski definition) is 0. The molecule has 3 aliphatic rings. The van der Waals surface area contributed by atoms with Crippen LogP contribution in [0.3, 0.4) is 0 Å². The number of amidine groups is 1. The van der Waals surface area contributed by atoms with E-state index in [0.717, 1.165) is 20.9 Å². The predicted molar refractivity (Wildman–Crippen MR) is 95.2 cm³/mol. The Morgan fingerprint density at radius 3 is 2.68 bits per heavy atom. The van der Waals surface area contributed by atoms with E-state index in [1.807, 2.05) is 17.2 Å². The Bertz CT molecular complexity index is 750. The van der Waals surface area contributed by atoms with Gasteiger partial charge in [-0.25, -0.2) is 4.99 Å². The van der Waals surface area contributed by atoms with Crippen molar-refractivity contribution < 1.29 is 23.0 Å². The minimum Gasteiger partial charge on any atom is -0.435 e. The number of allylic oxidation sites excluding steroid dienone is 2. The summed E-state index contributed by atoms with van der Waals surface area (Å²) in [5, 5.41) is 0. The summed E-state index contributed by atoms with van der Waals surface area (Å²) in [6, 6.07) is 6.42. The fraction of sp³-hybridized carbons (Fsp3) is 0.312. The molecule has 0 aromatic heterocycles. The smallest absolute Gasteiger partial charge is 0.387 e. The monoisotopic (exact) mass is 430 g/mol. The molecule has 0 N–H and O–H groups in total. The summed E-state index contributed by atoms with van der Waals surface area (Å²) in [5.41, 5.74) is 0.474. The standard InChI is InChI=1S/C16H13BrF2N2O3S/c17-9-5-13-14(20-16(25-13)24-12-7-22-8-12)21(6-9)10-1-3-11(4-2-10)23-15(18)19/h1-6,12,15-16H,7-8H2. The lowest BCUT2D eigenvalue weighted by molar-refractivity contribution is -0.134. The van der Waals surface area contributed by atoms with Gasteiger partial charge in [0.25, 0.3) is 0 Å². The zero-order valence-corrected chi connectivity index (χ0v) is 15.2. The second-order valence-electron chi connectivity index (χ2n) is 5.44. The second kappa shape index (κ2) is 7.06. The van der Waals surface area contributed by atoms with Crippen molar-refractivity contribution >= 4 is 39.2 Å². The summed E-state index contributed by atoms with van der Waals surface area (Å²) >= 11 is 5.02. The van der Waals surface area contributed by atoms with Crippen LogP contribution in [0.15, 0.2) is 50.9 Å². The van der Waals surface area contributed by atoms with Crippen LogP contribution in [-0.2, 0) is 9.47 Å². The first kappa shape index (κ1) is 17.0. The van der Waals surface area contributed by atoms with E-state index in [1.54, 1.807) is 12.1 Å². The van der Waals surface area contributed by atoms with E-state index in [0.29, 0.717) is 13.2 Å². The molecule has 3 aliphatic heterocycles. The largest absolute Gasteiger partial charge is 0.435 e. The van der Waals surface area contributed by atoms with Gasteiger partial charge in [0.05, 0.1) is 18.1 Å². The summed E-state index contributed by atoms with van der Waals surface area (Å²) < 4.78 is 40.8. The summed E-state index contributed by atoms with van der Waals surface area (Å²) in [6.45, 7) is -1.65. The maximum atomic E-state index is 12.3. The third kappa shape index (κ3) is 3.74. The van der Waals surface area contributed by atoms with Gasteiger partial charge in [-0.15, -0.1) is 0 Å². The maximum Gasteiger partial charge on any atom is 0.387 e. The summed E-state index contributed by atoms with van der Waals surface area (Å²) in [4.78, 5) is 7.51. The van der Waals surface area contributed by atoms with Gasteiger partial charge in [-0.2, -0.15) is 8.78 Å². The van der Waals surface area contributed by atoms with Gasteiger partial charge in [-0.3, -0.25) is 4.90 Å². The van der Waals surface area contributed by atoms with Crippen LogP contribution >= 0.6 is 27.7 Å².